The Labute approximate surface area is 247 Å². The fourth-order valence-electron chi connectivity index (χ4n) is 7.30. The predicted molar refractivity (Wildman–Crippen MR) is 161 cm³/mol. The number of benzene rings is 2. The van der Waals surface area contributed by atoms with Gasteiger partial charge in [-0.2, -0.15) is 0 Å². The average Bonchev–Trinajstić information content (AvgIpc) is 3.64. The van der Waals surface area contributed by atoms with Gasteiger partial charge in [-0.15, -0.1) is 0 Å². The maximum absolute atomic E-state index is 13.9. The van der Waals surface area contributed by atoms with E-state index in [2.05, 4.69) is 35.9 Å². The first-order chi connectivity index (χ1) is 19.9. The van der Waals surface area contributed by atoms with E-state index in [0.717, 1.165) is 23.8 Å². The van der Waals surface area contributed by atoms with Crippen LogP contribution in [0.2, 0.25) is 18.6 Å². The summed E-state index contributed by atoms with van der Waals surface area (Å²) in [5.41, 5.74) is 0.150. The minimum atomic E-state index is -2.42. The number of nitrogens with zero attached hydrogens (tertiary/aromatic N) is 1. The Morgan fingerprint density at radius 2 is 1.95 bits per heavy atom. The number of hydrogen-bond donors (Lipinski definition) is 4. The molecule has 3 aliphatic heterocycles. The zero-order valence-electron chi connectivity index (χ0n) is 24.8. The lowest BCUT2D eigenvalue weighted by Gasteiger charge is -2.37. The van der Waals surface area contributed by atoms with Gasteiger partial charge in [0.1, 0.15) is 11.9 Å². The van der Waals surface area contributed by atoms with Gasteiger partial charge in [-0.1, -0.05) is 37.3 Å². The maximum atomic E-state index is 13.9. The number of aliphatic hydroxyl groups is 2. The molecule has 4 N–H and O–H groups in total. The average molecular weight is 596 g/mol. The van der Waals surface area contributed by atoms with E-state index in [9.17, 15) is 24.6 Å². The zero-order valence-corrected chi connectivity index (χ0v) is 25.8. The fraction of sp³-hybridized carbons (Fsp3) is 0.516. The number of amides is 3. The van der Waals surface area contributed by atoms with Crippen molar-refractivity contribution in [2.45, 2.75) is 75.6 Å². The zero-order chi connectivity index (χ0) is 30.4. The van der Waals surface area contributed by atoms with Crippen LogP contribution in [0.25, 0.3) is 0 Å². The van der Waals surface area contributed by atoms with Crippen molar-refractivity contribution in [2.75, 3.05) is 30.9 Å². The van der Waals surface area contributed by atoms with Gasteiger partial charge in [-0.25, -0.2) is 0 Å². The van der Waals surface area contributed by atoms with Crippen LogP contribution < -0.4 is 20.6 Å². The lowest BCUT2D eigenvalue weighted by Crippen LogP contribution is -2.52. The minimum absolute atomic E-state index is 0.0795. The summed E-state index contributed by atoms with van der Waals surface area (Å²) in [5.74, 6) is -0.488. The summed E-state index contributed by atoms with van der Waals surface area (Å²) in [7, 11) is -0.796. The summed E-state index contributed by atoms with van der Waals surface area (Å²) in [5, 5.41) is 26.4. The standard InChI is InChI=1S/C31H41N3O7Si/c1-18-28(42(4,5)23-11-9-22(40-3)10-12-23)26(16-27(37)34-14-6-7-21(34)17-35)41-31(18)24-15-20(32-29(38)19(2)36)8-13-25(24)33-30(31)39/h8-13,15,18-19,21,26,28,35-36H,6-7,14,16-17H2,1-5H3,(H,32,38)(H,33,39)/t18-,19-,21-,26+,28-,31+/m0/s1. The molecule has 6 atom stereocenters. The van der Waals surface area contributed by atoms with E-state index < -0.39 is 31.8 Å². The van der Waals surface area contributed by atoms with Crippen LogP contribution in [0.4, 0.5) is 11.4 Å². The smallest absolute Gasteiger partial charge is 0.261 e. The Kier molecular flexibility index (Phi) is 8.23. The van der Waals surface area contributed by atoms with Crippen molar-refractivity contribution in [1.29, 1.82) is 0 Å². The van der Waals surface area contributed by atoms with E-state index >= 15 is 0 Å². The molecule has 2 aromatic carbocycles. The number of fused-ring (bicyclic) bond motifs is 2. The van der Waals surface area contributed by atoms with Crippen LogP contribution in [0.15, 0.2) is 42.5 Å². The summed E-state index contributed by atoms with van der Waals surface area (Å²) in [6, 6.07) is 12.9. The molecule has 0 aromatic heterocycles. The van der Waals surface area contributed by atoms with Crippen LogP contribution in [0.5, 0.6) is 5.75 Å². The highest BCUT2D eigenvalue weighted by atomic mass is 28.3. The third kappa shape index (κ3) is 5.02. The number of nitrogens with one attached hydrogen (secondary N) is 2. The molecule has 226 valence electrons. The summed E-state index contributed by atoms with van der Waals surface area (Å²) in [6.45, 7) is 8.41. The predicted octanol–water partition coefficient (Wildman–Crippen LogP) is 2.56. The van der Waals surface area contributed by atoms with Gasteiger partial charge in [0, 0.05) is 29.4 Å². The normalized spacial score (nSPS) is 27.6. The number of methoxy groups -OCH3 is 1. The minimum Gasteiger partial charge on any atom is -0.497 e. The van der Waals surface area contributed by atoms with Gasteiger partial charge in [0.25, 0.3) is 11.8 Å². The third-order valence-electron chi connectivity index (χ3n) is 9.52. The van der Waals surface area contributed by atoms with Gasteiger partial charge in [0.2, 0.25) is 5.91 Å². The molecular weight excluding hydrogens is 554 g/mol. The highest BCUT2D eigenvalue weighted by molar-refractivity contribution is 6.91. The molecule has 10 nitrogen and oxygen atoms in total. The van der Waals surface area contributed by atoms with E-state index in [-0.39, 0.29) is 42.3 Å². The van der Waals surface area contributed by atoms with Crippen molar-refractivity contribution in [1.82, 2.24) is 4.90 Å². The summed E-state index contributed by atoms with van der Waals surface area (Å²) < 4.78 is 12.2. The second-order valence-electron chi connectivity index (χ2n) is 12.3. The van der Waals surface area contributed by atoms with Crippen LogP contribution in [0.1, 0.15) is 38.7 Å². The van der Waals surface area contributed by atoms with Crippen LogP contribution in [0, 0.1) is 5.92 Å². The number of hydrogen-bond acceptors (Lipinski definition) is 7. The summed E-state index contributed by atoms with van der Waals surface area (Å²) in [6.07, 6.45) is -0.0438. The molecule has 0 unspecified atom stereocenters. The largest absolute Gasteiger partial charge is 0.497 e. The highest BCUT2D eigenvalue weighted by Gasteiger charge is 2.65. The highest BCUT2D eigenvalue weighted by Crippen LogP contribution is 2.59. The summed E-state index contributed by atoms with van der Waals surface area (Å²) in [4.78, 5) is 41.6. The van der Waals surface area contributed by atoms with Crippen LogP contribution >= 0.6 is 0 Å². The first kappa shape index (κ1) is 30.2. The van der Waals surface area contributed by atoms with Crippen molar-refractivity contribution >= 4 is 42.4 Å². The Morgan fingerprint density at radius 3 is 2.60 bits per heavy atom. The molecule has 0 bridgehead atoms. The molecule has 3 amide bonds. The molecule has 1 spiro atoms. The molecule has 2 saturated heterocycles. The number of carbonyl (C=O) groups is 3. The third-order valence-corrected chi connectivity index (χ3v) is 13.9. The molecule has 3 aliphatic rings. The molecular formula is C31H41N3O7Si. The second-order valence-corrected chi connectivity index (χ2v) is 17.0. The van der Waals surface area contributed by atoms with Crippen molar-refractivity contribution in [2.24, 2.45) is 5.92 Å². The lowest BCUT2D eigenvalue weighted by molar-refractivity contribution is -0.148. The van der Waals surface area contributed by atoms with E-state index in [4.69, 9.17) is 9.47 Å². The van der Waals surface area contributed by atoms with E-state index in [0.29, 0.717) is 23.5 Å². The van der Waals surface area contributed by atoms with Crippen molar-refractivity contribution in [3.63, 3.8) is 0 Å². The van der Waals surface area contributed by atoms with Crippen LogP contribution in [-0.4, -0.2) is 79.4 Å². The van der Waals surface area contributed by atoms with Gasteiger partial charge >= 0.3 is 0 Å². The molecule has 0 saturated carbocycles. The molecule has 5 rings (SSSR count). The SMILES string of the molecule is COc1ccc([Si](C)(C)[C@@H]2[C@@H](CC(=O)N3CCC[C@H]3CO)O[C@]3(C(=O)Nc4ccc(NC(=O)[C@H](C)O)cc43)[C@H]2C)cc1. The fourth-order valence-corrected chi connectivity index (χ4v) is 11.3. The maximum Gasteiger partial charge on any atom is 0.261 e. The number of rotatable bonds is 8. The Hall–Kier alpha value is -3.25. The number of ether oxygens (including phenoxy) is 2. The molecule has 2 fully saturated rings. The molecule has 2 aromatic rings. The molecule has 3 heterocycles. The van der Waals surface area contributed by atoms with Gasteiger partial charge in [-0.05, 0) is 55.6 Å². The van der Waals surface area contributed by atoms with E-state index in [1.54, 1.807) is 30.2 Å². The van der Waals surface area contributed by atoms with Crippen LogP contribution in [0.3, 0.4) is 0 Å². The topological polar surface area (TPSA) is 137 Å². The van der Waals surface area contributed by atoms with Crippen molar-refractivity contribution in [3.8, 4) is 5.75 Å². The Bertz CT molecular complexity index is 1360. The van der Waals surface area contributed by atoms with E-state index in [1.165, 1.54) is 6.92 Å². The number of aliphatic hydroxyl groups excluding tert-OH is 2. The first-order valence-corrected chi connectivity index (χ1v) is 17.7. The van der Waals surface area contributed by atoms with Gasteiger partial charge in [0.15, 0.2) is 5.60 Å². The number of carbonyl (C=O) groups excluding carboxylic acids is 3. The second kappa shape index (κ2) is 11.4. The molecule has 42 heavy (non-hydrogen) atoms. The molecule has 0 radical (unpaired) electrons. The van der Waals surface area contributed by atoms with E-state index in [1.807, 2.05) is 19.1 Å². The van der Waals surface area contributed by atoms with Gasteiger partial charge < -0.3 is 35.2 Å². The van der Waals surface area contributed by atoms with Gasteiger partial charge in [0.05, 0.1) is 40.4 Å². The molecule has 0 aliphatic carbocycles. The van der Waals surface area contributed by atoms with Crippen molar-refractivity contribution in [3.05, 3.63) is 48.0 Å². The van der Waals surface area contributed by atoms with Crippen LogP contribution in [-0.2, 0) is 24.7 Å². The Balaban J connectivity index is 1.57. The lowest BCUT2D eigenvalue weighted by atomic mass is 9.82. The van der Waals surface area contributed by atoms with Gasteiger partial charge in [-0.3, -0.25) is 14.4 Å². The first-order valence-electron chi connectivity index (χ1n) is 14.6. The Morgan fingerprint density at radius 1 is 1.24 bits per heavy atom. The molecule has 11 heteroatoms. The number of likely N-dealkylation sites (tertiary alicyclic amines) is 1. The monoisotopic (exact) mass is 595 g/mol. The summed E-state index contributed by atoms with van der Waals surface area (Å²) >= 11 is 0. The van der Waals surface area contributed by atoms with Crippen molar-refractivity contribution < 1.29 is 34.1 Å². The quantitative estimate of drug-likeness (QED) is 0.344. The number of anilines is 2.